The number of carbonyl (C=O) groups is 1. The number of hydrogen-bond donors (Lipinski definition) is 2. The third kappa shape index (κ3) is 3.60. The number of methoxy groups -OCH3 is 1. The molecule has 0 saturated heterocycles. The van der Waals surface area contributed by atoms with E-state index >= 15 is 0 Å². The number of amides is 1. The van der Waals surface area contributed by atoms with Gasteiger partial charge < -0.3 is 4.74 Å². The van der Waals surface area contributed by atoms with Gasteiger partial charge in [0.15, 0.2) is 11.5 Å². The third-order valence-corrected chi connectivity index (χ3v) is 4.59. The van der Waals surface area contributed by atoms with E-state index in [2.05, 4.69) is 32.0 Å². The summed E-state index contributed by atoms with van der Waals surface area (Å²) in [5, 5.41) is 5.17. The molecule has 1 amide bonds. The predicted molar refractivity (Wildman–Crippen MR) is 110 cm³/mol. The molecule has 0 unspecified atom stereocenters. The van der Waals surface area contributed by atoms with Crippen molar-refractivity contribution in [1.29, 1.82) is 0 Å². The van der Waals surface area contributed by atoms with Gasteiger partial charge in [-0.3, -0.25) is 15.6 Å². The second kappa shape index (κ2) is 7.59. The number of fused-ring (bicyclic) bond motifs is 1. The molecule has 0 spiro atoms. The molecule has 8 nitrogen and oxygen atoms in total. The summed E-state index contributed by atoms with van der Waals surface area (Å²) < 4.78 is 6.87. The van der Waals surface area contributed by atoms with Gasteiger partial charge in [-0.15, -0.1) is 0 Å². The van der Waals surface area contributed by atoms with Crippen LogP contribution in [0.25, 0.3) is 16.7 Å². The van der Waals surface area contributed by atoms with E-state index in [0.717, 1.165) is 11.3 Å². The zero-order chi connectivity index (χ0) is 20.4. The minimum absolute atomic E-state index is 0.291. The van der Waals surface area contributed by atoms with Crippen molar-refractivity contribution in [2.75, 3.05) is 12.5 Å². The van der Waals surface area contributed by atoms with Gasteiger partial charge in [-0.25, -0.2) is 14.6 Å². The van der Waals surface area contributed by atoms with Crippen molar-refractivity contribution in [2.45, 2.75) is 13.8 Å². The van der Waals surface area contributed by atoms with Crippen LogP contribution in [0.15, 0.2) is 55.0 Å². The number of carbonyl (C=O) groups excluding carboxylic acids is 1. The van der Waals surface area contributed by atoms with E-state index in [4.69, 9.17) is 4.74 Å². The van der Waals surface area contributed by atoms with Crippen molar-refractivity contribution in [3.05, 3.63) is 71.7 Å². The summed E-state index contributed by atoms with van der Waals surface area (Å²) in [6, 6.07) is 13.0. The SMILES string of the molecule is COc1ccc(C(=O)NNc2ncnc3c2cnn3-c2ccc(C)cc2C)cc1. The van der Waals surface area contributed by atoms with Crippen molar-refractivity contribution in [3.63, 3.8) is 0 Å². The van der Waals surface area contributed by atoms with Gasteiger partial charge in [-0.05, 0) is 49.7 Å². The maximum atomic E-state index is 12.4. The lowest BCUT2D eigenvalue weighted by Gasteiger charge is -2.10. The smallest absolute Gasteiger partial charge is 0.269 e. The van der Waals surface area contributed by atoms with E-state index in [1.54, 1.807) is 42.3 Å². The highest BCUT2D eigenvalue weighted by atomic mass is 16.5. The summed E-state index contributed by atoms with van der Waals surface area (Å²) >= 11 is 0. The summed E-state index contributed by atoms with van der Waals surface area (Å²) in [7, 11) is 1.58. The number of rotatable bonds is 5. The maximum absolute atomic E-state index is 12.4. The average molecular weight is 388 g/mol. The topological polar surface area (TPSA) is 94.0 Å². The first kappa shape index (κ1) is 18.4. The van der Waals surface area contributed by atoms with Gasteiger partial charge in [-0.1, -0.05) is 17.7 Å². The van der Waals surface area contributed by atoms with Crippen LogP contribution in [-0.2, 0) is 0 Å². The molecule has 0 radical (unpaired) electrons. The minimum atomic E-state index is -0.291. The van der Waals surface area contributed by atoms with Crippen LogP contribution in [0, 0.1) is 13.8 Å². The molecule has 0 bridgehead atoms. The Hall–Kier alpha value is -3.94. The second-order valence-corrected chi connectivity index (χ2v) is 6.61. The Balaban J connectivity index is 1.58. The fourth-order valence-electron chi connectivity index (χ4n) is 3.09. The number of aryl methyl sites for hydroxylation is 2. The van der Waals surface area contributed by atoms with Crippen molar-refractivity contribution in [3.8, 4) is 11.4 Å². The van der Waals surface area contributed by atoms with Crippen LogP contribution < -0.4 is 15.6 Å². The quantitative estimate of drug-likeness (QED) is 0.510. The normalized spacial score (nSPS) is 10.7. The zero-order valence-electron chi connectivity index (χ0n) is 16.3. The number of ether oxygens (including phenoxy) is 1. The highest BCUT2D eigenvalue weighted by molar-refractivity contribution is 5.96. The first-order valence-corrected chi connectivity index (χ1v) is 9.03. The molecule has 29 heavy (non-hydrogen) atoms. The average Bonchev–Trinajstić information content (AvgIpc) is 3.16. The Morgan fingerprint density at radius 3 is 2.59 bits per heavy atom. The van der Waals surface area contributed by atoms with Gasteiger partial charge in [0.25, 0.3) is 5.91 Å². The van der Waals surface area contributed by atoms with Gasteiger partial charge in [0.05, 0.1) is 24.4 Å². The molecule has 2 aromatic heterocycles. The highest BCUT2D eigenvalue weighted by Crippen LogP contribution is 2.23. The van der Waals surface area contributed by atoms with Crippen LogP contribution in [0.4, 0.5) is 5.82 Å². The number of aromatic nitrogens is 4. The molecule has 0 aliphatic carbocycles. The van der Waals surface area contributed by atoms with E-state index < -0.39 is 0 Å². The standard InChI is InChI=1S/C21H20N6O2/c1-13-4-9-18(14(2)10-13)27-20-17(11-24-27)19(22-12-23-20)25-26-21(28)15-5-7-16(29-3)8-6-15/h4-12H,1-3H3,(H,26,28)(H,22,23,25). The van der Waals surface area contributed by atoms with Crippen LogP contribution in [0.2, 0.25) is 0 Å². The van der Waals surface area contributed by atoms with Crippen LogP contribution >= 0.6 is 0 Å². The van der Waals surface area contributed by atoms with Crippen molar-refractivity contribution in [2.24, 2.45) is 0 Å². The van der Waals surface area contributed by atoms with Crippen molar-refractivity contribution in [1.82, 2.24) is 25.2 Å². The number of hydrogen-bond acceptors (Lipinski definition) is 6. The van der Waals surface area contributed by atoms with E-state index in [0.29, 0.717) is 28.2 Å². The molecule has 0 fully saturated rings. The second-order valence-electron chi connectivity index (χ2n) is 6.61. The first-order valence-electron chi connectivity index (χ1n) is 9.03. The summed E-state index contributed by atoms with van der Waals surface area (Å²) in [5.74, 6) is 0.861. The summed E-state index contributed by atoms with van der Waals surface area (Å²) in [6.07, 6.45) is 3.11. The van der Waals surface area contributed by atoms with Gasteiger partial charge in [-0.2, -0.15) is 5.10 Å². The molecule has 0 saturated carbocycles. The number of nitrogens with zero attached hydrogens (tertiary/aromatic N) is 4. The number of benzene rings is 2. The van der Waals surface area contributed by atoms with Gasteiger partial charge in [0.1, 0.15) is 12.1 Å². The largest absolute Gasteiger partial charge is 0.497 e. The van der Waals surface area contributed by atoms with E-state index in [1.165, 1.54) is 11.9 Å². The van der Waals surface area contributed by atoms with Gasteiger partial charge in [0, 0.05) is 5.56 Å². The minimum Gasteiger partial charge on any atom is -0.497 e. The lowest BCUT2D eigenvalue weighted by atomic mass is 10.1. The van der Waals surface area contributed by atoms with Gasteiger partial charge in [0.2, 0.25) is 0 Å². The van der Waals surface area contributed by atoms with E-state index in [-0.39, 0.29) is 5.91 Å². The third-order valence-electron chi connectivity index (χ3n) is 4.59. The number of hydrazine groups is 1. The predicted octanol–water partition coefficient (Wildman–Crippen LogP) is 3.20. The molecule has 0 aliphatic heterocycles. The fraction of sp³-hybridized carbons (Fsp3) is 0.143. The Morgan fingerprint density at radius 1 is 1.07 bits per heavy atom. The molecule has 8 heteroatoms. The monoisotopic (exact) mass is 388 g/mol. The van der Waals surface area contributed by atoms with E-state index in [9.17, 15) is 4.79 Å². The molecule has 146 valence electrons. The molecule has 2 N–H and O–H groups in total. The zero-order valence-corrected chi connectivity index (χ0v) is 16.3. The molecule has 2 aromatic carbocycles. The first-order chi connectivity index (χ1) is 14.1. The van der Waals surface area contributed by atoms with Crippen molar-refractivity contribution < 1.29 is 9.53 Å². The van der Waals surface area contributed by atoms with Crippen LogP contribution in [0.1, 0.15) is 21.5 Å². The summed E-state index contributed by atoms with van der Waals surface area (Å²) in [6.45, 7) is 4.08. The van der Waals surface area contributed by atoms with Crippen LogP contribution in [0.3, 0.4) is 0 Å². The molecule has 2 heterocycles. The molecule has 4 aromatic rings. The highest BCUT2D eigenvalue weighted by Gasteiger charge is 2.13. The lowest BCUT2D eigenvalue weighted by molar-refractivity contribution is 0.0962. The molecule has 0 aliphatic rings. The van der Waals surface area contributed by atoms with E-state index in [1.807, 2.05) is 26.0 Å². The fourth-order valence-corrected chi connectivity index (χ4v) is 3.09. The maximum Gasteiger partial charge on any atom is 0.269 e. The molecule has 0 atom stereocenters. The molecular weight excluding hydrogens is 368 g/mol. The summed E-state index contributed by atoms with van der Waals surface area (Å²) in [5.41, 5.74) is 9.88. The number of nitrogens with one attached hydrogen (secondary N) is 2. The Labute approximate surface area is 167 Å². The molecular formula is C21H20N6O2. The van der Waals surface area contributed by atoms with Gasteiger partial charge >= 0.3 is 0 Å². The summed E-state index contributed by atoms with van der Waals surface area (Å²) in [4.78, 5) is 21.0. The molecule has 4 rings (SSSR count). The lowest BCUT2D eigenvalue weighted by Crippen LogP contribution is -2.29. The van der Waals surface area contributed by atoms with Crippen LogP contribution in [0.5, 0.6) is 5.75 Å². The van der Waals surface area contributed by atoms with Crippen molar-refractivity contribution >= 4 is 22.8 Å². The number of anilines is 1. The Bertz CT molecular complexity index is 1180. The Kier molecular flexibility index (Phi) is 4.82. The van der Waals surface area contributed by atoms with Crippen LogP contribution in [-0.4, -0.2) is 32.8 Å². The Morgan fingerprint density at radius 2 is 1.86 bits per heavy atom.